The standard InChI is InChI=1S/C17H16N6O2/c24-17-4-3-13(12-2-1-6-18-8-12)22-23(17)15-10-25-9-14(15)21-16-5-7-19-11-20-16/h1-8,11,14-15H,9-10H2,(H,19,20,21). The fourth-order valence-electron chi connectivity index (χ4n) is 2.82. The van der Waals surface area contributed by atoms with Crippen LogP contribution in [0.15, 0.2) is 60.0 Å². The second kappa shape index (κ2) is 6.78. The maximum atomic E-state index is 12.4. The minimum atomic E-state index is -0.223. The maximum absolute atomic E-state index is 12.4. The number of hydrogen-bond acceptors (Lipinski definition) is 7. The molecule has 0 radical (unpaired) electrons. The molecular weight excluding hydrogens is 320 g/mol. The summed E-state index contributed by atoms with van der Waals surface area (Å²) < 4.78 is 7.06. The van der Waals surface area contributed by atoms with Crippen LogP contribution in [-0.4, -0.2) is 44.0 Å². The van der Waals surface area contributed by atoms with Crippen LogP contribution in [0.1, 0.15) is 6.04 Å². The van der Waals surface area contributed by atoms with Crippen LogP contribution in [-0.2, 0) is 4.74 Å². The second-order valence-electron chi connectivity index (χ2n) is 5.69. The van der Waals surface area contributed by atoms with Gasteiger partial charge in [-0.1, -0.05) is 0 Å². The van der Waals surface area contributed by atoms with E-state index in [9.17, 15) is 4.79 Å². The molecule has 3 aromatic heterocycles. The lowest BCUT2D eigenvalue weighted by molar-refractivity contribution is 0.183. The number of ether oxygens (including phenoxy) is 1. The van der Waals surface area contributed by atoms with Crippen LogP contribution in [0.25, 0.3) is 11.3 Å². The third-order valence-corrected chi connectivity index (χ3v) is 4.06. The molecule has 3 aromatic rings. The summed E-state index contributed by atoms with van der Waals surface area (Å²) in [4.78, 5) is 24.5. The molecule has 0 aliphatic carbocycles. The SMILES string of the molecule is O=c1ccc(-c2cccnc2)nn1C1COCC1Nc1ccncn1. The molecular formula is C17H16N6O2. The highest BCUT2D eigenvalue weighted by Crippen LogP contribution is 2.22. The van der Waals surface area contributed by atoms with Crippen LogP contribution in [0.5, 0.6) is 0 Å². The van der Waals surface area contributed by atoms with Gasteiger partial charge in [0.1, 0.15) is 18.2 Å². The third kappa shape index (κ3) is 3.24. The number of aromatic nitrogens is 5. The zero-order chi connectivity index (χ0) is 17.1. The molecule has 2 atom stereocenters. The molecule has 0 amide bonds. The second-order valence-corrected chi connectivity index (χ2v) is 5.69. The average molecular weight is 336 g/mol. The van der Waals surface area contributed by atoms with Gasteiger partial charge in [-0.05, 0) is 24.3 Å². The van der Waals surface area contributed by atoms with E-state index in [1.807, 2.05) is 12.1 Å². The fraction of sp³-hybridized carbons (Fsp3) is 0.235. The highest BCUT2D eigenvalue weighted by molar-refractivity contribution is 5.56. The number of pyridine rings is 1. The Bertz CT molecular complexity index is 900. The first-order valence-corrected chi connectivity index (χ1v) is 7.92. The van der Waals surface area contributed by atoms with Gasteiger partial charge in [-0.3, -0.25) is 9.78 Å². The Kier molecular flexibility index (Phi) is 4.17. The van der Waals surface area contributed by atoms with Crippen molar-refractivity contribution in [2.24, 2.45) is 0 Å². The van der Waals surface area contributed by atoms with Crippen molar-refractivity contribution < 1.29 is 4.74 Å². The van der Waals surface area contributed by atoms with Gasteiger partial charge in [-0.25, -0.2) is 14.6 Å². The molecule has 0 saturated carbocycles. The molecule has 8 nitrogen and oxygen atoms in total. The maximum Gasteiger partial charge on any atom is 0.267 e. The molecule has 1 saturated heterocycles. The lowest BCUT2D eigenvalue weighted by Gasteiger charge is -2.21. The van der Waals surface area contributed by atoms with E-state index in [4.69, 9.17) is 4.74 Å². The Labute approximate surface area is 143 Å². The molecule has 0 bridgehead atoms. The molecule has 8 heteroatoms. The van der Waals surface area contributed by atoms with Gasteiger partial charge < -0.3 is 10.1 Å². The molecule has 126 valence electrons. The fourth-order valence-corrected chi connectivity index (χ4v) is 2.82. The van der Waals surface area contributed by atoms with Crippen LogP contribution in [0.2, 0.25) is 0 Å². The van der Waals surface area contributed by atoms with Crippen molar-refractivity contribution in [1.82, 2.24) is 24.7 Å². The Morgan fingerprint density at radius 1 is 1.12 bits per heavy atom. The van der Waals surface area contributed by atoms with E-state index in [0.29, 0.717) is 24.7 Å². The van der Waals surface area contributed by atoms with Gasteiger partial charge in [-0.2, -0.15) is 5.10 Å². The summed E-state index contributed by atoms with van der Waals surface area (Å²) in [6.45, 7) is 0.881. The Balaban J connectivity index is 1.65. The number of nitrogens with zero attached hydrogens (tertiary/aromatic N) is 5. The molecule has 1 aliphatic rings. The highest BCUT2D eigenvalue weighted by atomic mass is 16.5. The highest BCUT2D eigenvalue weighted by Gasteiger charge is 2.31. The summed E-state index contributed by atoms with van der Waals surface area (Å²) in [5.74, 6) is 0.687. The van der Waals surface area contributed by atoms with Crippen LogP contribution in [0.4, 0.5) is 5.82 Å². The predicted molar refractivity (Wildman–Crippen MR) is 91.0 cm³/mol. The van der Waals surface area contributed by atoms with E-state index in [0.717, 1.165) is 5.56 Å². The van der Waals surface area contributed by atoms with Gasteiger partial charge in [0, 0.05) is 30.2 Å². The first-order chi connectivity index (χ1) is 12.3. The smallest absolute Gasteiger partial charge is 0.267 e. The zero-order valence-electron chi connectivity index (χ0n) is 13.3. The monoisotopic (exact) mass is 336 g/mol. The van der Waals surface area contributed by atoms with Crippen LogP contribution in [0, 0.1) is 0 Å². The lowest BCUT2D eigenvalue weighted by Crippen LogP contribution is -2.37. The number of nitrogens with one attached hydrogen (secondary N) is 1. The molecule has 1 aliphatic heterocycles. The first-order valence-electron chi connectivity index (χ1n) is 7.92. The lowest BCUT2D eigenvalue weighted by atomic mass is 10.1. The predicted octanol–water partition coefficient (Wildman–Crippen LogP) is 1.15. The molecule has 25 heavy (non-hydrogen) atoms. The molecule has 2 unspecified atom stereocenters. The van der Waals surface area contributed by atoms with E-state index < -0.39 is 0 Å². The summed E-state index contributed by atoms with van der Waals surface area (Å²) in [5, 5.41) is 7.82. The van der Waals surface area contributed by atoms with Gasteiger partial charge in [0.2, 0.25) is 0 Å². The number of rotatable bonds is 4. The minimum absolute atomic E-state index is 0.107. The molecule has 1 fully saturated rings. The molecule has 0 spiro atoms. The summed E-state index contributed by atoms with van der Waals surface area (Å²) in [6, 6.07) is 8.42. The topological polar surface area (TPSA) is 94.8 Å². The quantitative estimate of drug-likeness (QED) is 0.763. The number of anilines is 1. The molecule has 4 heterocycles. The van der Waals surface area contributed by atoms with Crippen molar-refractivity contribution in [1.29, 1.82) is 0 Å². The molecule has 0 aromatic carbocycles. The van der Waals surface area contributed by atoms with E-state index in [1.165, 1.54) is 17.1 Å². The third-order valence-electron chi connectivity index (χ3n) is 4.06. The van der Waals surface area contributed by atoms with Crippen molar-refractivity contribution >= 4 is 5.82 Å². The van der Waals surface area contributed by atoms with Gasteiger partial charge in [0.15, 0.2) is 0 Å². The van der Waals surface area contributed by atoms with Crippen molar-refractivity contribution in [2.45, 2.75) is 12.1 Å². The van der Waals surface area contributed by atoms with Gasteiger partial charge in [0.05, 0.1) is 24.9 Å². The van der Waals surface area contributed by atoms with Crippen molar-refractivity contribution in [3.05, 3.63) is 65.6 Å². The van der Waals surface area contributed by atoms with Gasteiger partial charge in [-0.15, -0.1) is 0 Å². The summed E-state index contributed by atoms with van der Waals surface area (Å²) in [7, 11) is 0. The van der Waals surface area contributed by atoms with E-state index in [2.05, 4.69) is 25.4 Å². The summed E-state index contributed by atoms with van der Waals surface area (Å²) >= 11 is 0. The summed E-state index contributed by atoms with van der Waals surface area (Å²) in [5.41, 5.74) is 1.38. The van der Waals surface area contributed by atoms with E-state index in [1.54, 1.807) is 30.7 Å². The number of hydrogen-bond donors (Lipinski definition) is 1. The largest absolute Gasteiger partial charge is 0.377 e. The first kappa shape index (κ1) is 15.4. The van der Waals surface area contributed by atoms with Crippen molar-refractivity contribution in [2.75, 3.05) is 18.5 Å². The van der Waals surface area contributed by atoms with Crippen LogP contribution < -0.4 is 10.9 Å². The normalized spacial score (nSPS) is 19.7. The molecule has 1 N–H and O–H groups in total. The van der Waals surface area contributed by atoms with Crippen molar-refractivity contribution in [3.63, 3.8) is 0 Å². The van der Waals surface area contributed by atoms with Crippen molar-refractivity contribution in [3.8, 4) is 11.3 Å². The van der Waals surface area contributed by atoms with Crippen LogP contribution in [0.3, 0.4) is 0 Å². The van der Waals surface area contributed by atoms with Gasteiger partial charge >= 0.3 is 0 Å². The minimum Gasteiger partial charge on any atom is -0.377 e. The van der Waals surface area contributed by atoms with Gasteiger partial charge in [0.25, 0.3) is 5.56 Å². The Morgan fingerprint density at radius 3 is 2.88 bits per heavy atom. The van der Waals surface area contributed by atoms with Crippen LogP contribution >= 0.6 is 0 Å². The Hall–Kier alpha value is -3.13. The zero-order valence-corrected chi connectivity index (χ0v) is 13.3. The van der Waals surface area contributed by atoms with E-state index >= 15 is 0 Å². The Morgan fingerprint density at radius 2 is 2.08 bits per heavy atom. The molecule has 4 rings (SSSR count). The van der Waals surface area contributed by atoms with E-state index in [-0.39, 0.29) is 17.6 Å². The average Bonchev–Trinajstić information content (AvgIpc) is 3.11. The summed E-state index contributed by atoms with van der Waals surface area (Å²) in [6.07, 6.45) is 6.55.